The van der Waals surface area contributed by atoms with E-state index in [4.69, 9.17) is 4.74 Å². The lowest BCUT2D eigenvalue weighted by molar-refractivity contribution is 0.318. The van der Waals surface area contributed by atoms with Crippen LogP contribution in [0.5, 0.6) is 5.75 Å². The van der Waals surface area contributed by atoms with Crippen LogP contribution < -0.4 is 10.1 Å². The number of fused-ring (bicyclic) bond motifs is 2. The van der Waals surface area contributed by atoms with Crippen molar-refractivity contribution < 1.29 is 4.74 Å². The Morgan fingerprint density at radius 3 is 2.67 bits per heavy atom. The van der Waals surface area contributed by atoms with Gasteiger partial charge in [0.15, 0.2) is 0 Å². The molecule has 0 saturated carbocycles. The van der Waals surface area contributed by atoms with Crippen LogP contribution in [0.2, 0.25) is 0 Å². The first-order chi connectivity index (χ1) is 7.38. The average Bonchev–Trinajstić information content (AvgIpc) is 2.68. The molecule has 15 heavy (non-hydrogen) atoms. The number of aryl methyl sites for hydroxylation is 2. The Kier molecular flexibility index (Phi) is 2.17. The Hall–Kier alpha value is -1.02. The molecule has 1 aliphatic heterocycles. The lowest BCUT2D eigenvalue weighted by Gasteiger charge is -2.17. The smallest absolute Gasteiger partial charge is 0.124 e. The molecule has 1 N–H and O–H groups in total. The fourth-order valence-electron chi connectivity index (χ4n) is 2.68. The topological polar surface area (TPSA) is 21.3 Å². The summed E-state index contributed by atoms with van der Waals surface area (Å²) in [4.78, 5) is 0. The van der Waals surface area contributed by atoms with E-state index in [-0.39, 0.29) is 0 Å². The molecule has 0 bridgehead atoms. The number of hydrogen-bond donors (Lipinski definition) is 1. The van der Waals surface area contributed by atoms with Crippen LogP contribution in [0.25, 0.3) is 0 Å². The zero-order valence-corrected chi connectivity index (χ0v) is 9.18. The minimum absolute atomic E-state index is 0.396. The highest BCUT2D eigenvalue weighted by Crippen LogP contribution is 2.36. The van der Waals surface area contributed by atoms with Gasteiger partial charge in [-0.1, -0.05) is 6.07 Å². The molecule has 1 aromatic carbocycles. The number of ether oxygens (including phenoxy) is 1. The maximum atomic E-state index is 5.71. The van der Waals surface area contributed by atoms with Gasteiger partial charge < -0.3 is 10.1 Å². The third kappa shape index (κ3) is 1.44. The van der Waals surface area contributed by atoms with E-state index in [1.165, 1.54) is 36.8 Å². The first-order valence-corrected chi connectivity index (χ1v) is 5.84. The molecule has 0 spiro atoms. The molecule has 3 rings (SSSR count). The van der Waals surface area contributed by atoms with E-state index in [9.17, 15) is 0 Å². The molecule has 2 aliphatic rings. The van der Waals surface area contributed by atoms with E-state index in [2.05, 4.69) is 17.4 Å². The van der Waals surface area contributed by atoms with Crippen LogP contribution in [0.4, 0.5) is 0 Å². The highest BCUT2D eigenvalue weighted by Gasteiger charge is 2.25. The maximum Gasteiger partial charge on any atom is 0.124 e. The van der Waals surface area contributed by atoms with Crippen molar-refractivity contribution in [2.24, 2.45) is 0 Å². The van der Waals surface area contributed by atoms with Gasteiger partial charge >= 0.3 is 0 Å². The molecular weight excluding hydrogens is 186 g/mol. The Balaban J connectivity index is 2.05. The van der Waals surface area contributed by atoms with Gasteiger partial charge in [-0.15, -0.1) is 0 Å². The molecule has 0 radical (unpaired) electrons. The molecule has 0 aromatic heterocycles. The highest BCUT2D eigenvalue weighted by molar-refractivity contribution is 5.47. The van der Waals surface area contributed by atoms with Crippen LogP contribution in [-0.2, 0) is 12.8 Å². The van der Waals surface area contributed by atoms with Crippen molar-refractivity contribution in [2.75, 3.05) is 13.7 Å². The summed E-state index contributed by atoms with van der Waals surface area (Å²) >= 11 is 0. The third-order valence-corrected chi connectivity index (χ3v) is 3.60. The van der Waals surface area contributed by atoms with E-state index in [0.29, 0.717) is 6.04 Å². The van der Waals surface area contributed by atoms with E-state index in [1.807, 2.05) is 7.05 Å². The van der Waals surface area contributed by atoms with Gasteiger partial charge in [-0.25, -0.2) is 0 Å². The molecule has 1 heterocycles. The summed E-state index contributed by atoms with van der Waals surface area (Å²) in [7, 11) is 2.00. The minimum atomic E-state index is 0.396. The zero-order chi connectivity index (χ0) is 10.3. The number of likely N-dealkylation sites (N-methyl/N-ethyl adjacent to an activating group) is 1. The van der Waals surface area contributed by atoms with Crippen LogP contribution >= 0.6 is 0 Å². The van der Waals surface area contributed by atoms with E-state index >= 15 is 0 Å². The SMILES string of the molecule is CNC1COc2cc3c(cc21)CCCC3. The first kappa shape index (κ1) is 9.22. The van der Waals surface area contributed by atoms with Crippen molar-refractivity contribution in [1.29, 1.82) is 0 Å². The first-order valence-electron chi connectivity index (χ1n) is 5.84. The lowest BCUT2D eigenvalue weighted by Crippen LogP contribution is -2.17. The minimum Gasteiger partial charge on any atom is -0.491 e. The normalized spacial score (nSPS) is 23.1. The molecule has 1 unspecified atom stereocenters. The van der Waals surface area contributed by atoms with Crippen molar-refractivity contribution in [1.82, 2.24) is 5.32 Å². The van der Waals surface area contributed by atoms with Crippen molar-refractivity contribution >= 4 is 0 Å². The van der Waals surface area contributed by atoms with Crippen molar-refractivity contribution in [3.8, 4) is 5.75 Å². The van der Waals surface area contributed by atoms with Crippen LogP contribution in [0.1, 0.15) is 35.6 Å². The Morgan fingerprint density at radius 2 is 1.93 bits per heavy atom. The van der Waals surface area contributed by atoms with Gasteiger partial charge in [-0.05, 0) is 49.9 Å². The molecule has 1 aliphatic carbocycles. The quantitative estimate of drug-likeness (QED) is 0.755. The Morgan fingerprint density at radius 1 is 1.20 bits per heavy atom. The maximum absolute atomic E-state index is 5.71. The number of nitrogens with one attached hydrogen (secondary N) is 1. The average molecular weight is 203 g/mol. The van der Waals surface area contributed by atoms with Gasteiger partial charge in [0.1, 0.15) is 12.4 Å². The second-order valence-electron chi connectivity index (χ2n) is 4.52. The fourth-order valence-corrected chi connectivity index (χ4v) is 2.68. The van der Waals surface area contributed by atoms with Crippen molar-refractivity contribution in [3.05, 3.63) is 28.8 Å². The summed E-state index contributed by atoms with van der Waals surface area (Å²) in [6.07, 6.45) is 5.16. The molecule has 1 aromatic rings. The lowest BCUT2D eigenvalue weighted by atomic mass is 9.89. The number of hydrogen-bond acceptors (Lipinski definition) is 2. The van der Waals surface area contributed by atoms with Crippen LogP contribution in [-0.4, -0.2) is 13.7 Å². The third-order valence-electron chi connectivity index (χ3n) is 3.60. The van der Waals surface area contributed by atoms with Gasteiger partial charge in [0.2, 0.25) is 0 Å². The summed E-state index contributed by atoms with van der Waals surface area (Å²) in [5.41, 5.74) is 4.42. The fraction of sp³-hybridized carbons (Fsp3) is 0.538. The highest BCUT2D eigenvalue weighted by atomic mass is 16.5. The van der Waals surface area contributed by atoms with Gasteiger partial charge in [0.05, 0.1) is 6.04 Å². The largest absolute Gasteiger partial charge is 0.491 e. The summed E-state index contributed by atoms with van der Waals surface area (Å²) in [5, 5.41) is 3.30. The molecule has 2 nitrogen and oxygen atoms in total. The van der Waals surface area contributed by atoms with Crippen LogP contribution in [0.15, 0.2) is 12.1 Å². The predicted molar refractivity (Wildman–Crippen MR) is 60.4 cm³/mol. The second kappa shape index (κ2) is 3.53. The summed E-state index contributed by atoms with van der Waals surface area (Å²) < 4.78 is 5.71. The molecule has 1 atom stereocenters. The van der Waals surface area contributed by atoms with Crippen molar-refractivity contribution in [3.63, 3.8) is 0 Å². The molecule has 80 valence electrons. The summed E-state index contributed by atoms with van der Waals surface area (Å²) in [5.74, 6) is 1.11. The van der Waals surface area contributed by atoms with Crippen LogP contribution in [0, 0.1) is 0 Å². The van der Waals surface area contributed by atoms with Gasteiger partial charge in [-0.2, -0.15) is 0 Å². The summed E-state index contributed by atoms with van der Waals surface area (Å²) in [6.45, 7) is 0.786. The number of rotatable bonds is 1. The molecule has 0 fully saturated rings. The van der Waals surface area contributed by atoms with E-state index in [0.717, 1.165) is 12.4 Å². The molecule has 0 saturated heterocycles. The predicted octanol–water partition coefficient (Wildman–Crippen LogP) is 2.22. The Labute approximate surface area is 90.6 Å². The van der Waals surface area contributed by atoms with Gasteiger partial charge in [0, 0.05) is 5.56 Å². The molecule has 2 heteroatoms. The van der Waals surface area contributed by atoms with Gasteiger partial charge in [-0.3, -0.25) is 0 Å². The zero-order valence-electron chi connectivity index (χ0n) is 9.18. The van der Waals surface area contributed by atoms with Crippen molar-refractivity contribution in [2.45, 2.75) is 31.7 Å². The standard InChI is InChI=1S/C13H17NO/c1-14-12-8-15-13-7-10-5-3-2-4-9(10)6-11(12)13/h6-7,12,14H,2-5,8H2,1H3. The van der Waals surface area contributed by atoms with Gasteiger partial charge in [0.25, 0.3) is 0 Å². The van der Waals surface area contributed by atoms with E-state index in [1.54, 1.807) is 5.56 Å². The summed E-state index contributed by atoms with van der Waals surface area (Å²) in [6, 6.07) is 5.02. The monoisotopic (exact) mass is 203 g/mol. The number of benzene rings is 1. The Bertz CT molecular complexity index is 386. The second-order valence-corrected chi connectivity index (χ2v) is 4.52. The van der Waals surface area contributed by atoms with E-state index < -0.39 is 0 Å². The molecular formula is C13H17NO. The molecule has 0 amide bonds. The van der Waals surface area contributed by atoms with Crippen LogP contribution in [0.3, 0.4) is 0 Å².